The Balaban J connectivity index is 2.65. The normalized spacial score (nSPS) is 42.6. The Morgan fingerprint density at radius 1 is 1.08 bits per heavy atom. The molecule has 4 N–H and O–H groups in total. The molecule has 70 valence electrons. The van der Waals surface area contributed by atoms with Gasteiger partial charge in [0.2, 0.25) is 0 Å². The van der Waals surface area contributed by atoms with Crippen LogP contribution in [0.2, 0.25) is 0 Å². The van der Waals surface area contributed by atoms with E-state index in [-0.39, 0.29) is 12.8 Å². The third-order valence-corrected chi connectivity index (χ3v) is 2.25. The van der Waals surface area contributed by atoms with Gasteiger partial charge in [0, 0.05) is 0 Å². The number of rotatable bonds is 1. The number of carbonyl (C=O) groups is 1. The molecule has 12 heavy (non-hydrogen) atoms. The van der Waals surface area contributed by atoms with Crippen LogP contribution in [0.15, 0.2) is 0 Å². The maximum Gasteiger partial charge on any atom is 0.309 e. The first kappa shape index (κ1) is 9.44. The number of aliphatic hydroxyl groups is 3. The van der Waals surface area contributed by atoms with Crippen LogP contribution in [0, 0.1) is 5.92 Å². The molecule has 5 nitrogen and oxygen atoms in total. The summed E-state index contributed by atoms with van der Waals surface area (Å²) in [6.45, 7) is 0. The molecule has 0 aromatic heterocycles. The van der Waals surface area contributed by atoms with E-state index in [4.69, 9.17) is 15.3 Å². The average molecular weight is 176 g/mol. The summed E-state index contributed by atoms with van der Waals surface area (Å²) in [6, 6.07) is 0. The molecule has 0 spiro atoms. The highest BCUT2D eigenvalue weighted by molar-refractivity contribution is 5.71. The lowest BCUT2D eigenvalue weighted by Crippen LogP contribution is -2.48. The van der Waals surface area contributed by atoms with Crippen LogP contribution < -0.4 is 0 Å². The maximum atomic E-state index is 10.5. The molecule has 1 aliphatic rings. The van der Waals surface area contributed by atoms with Crippen LogP contribution in [-0.2, 0) is 4.79 Å². The van der Waals surface area contributed by atoms with Crippen molar-refractivity contribution in [1.29, 1.82) is 0 Å². The van der Waals surface area contributed by atoms with E-state index in [0.29, 0.717) is 0 Å². The summed E-state index contributed by atoms with van der Waals surface area (Å²) in [6.07, 6.45) is -3.27. The Morgan fingerprint density at radius 3 is 2.17 bits per heavy atom. The average Bonchev–Trinajstić information content (AvgIpc) is 2.00. The van der Waals surface area contributed by atoms with Crippen molar-refractivity contribution in [2.45, 2.75) is 31.2 Å². The number of carboxylic acids is 1. The molecule has 0 unspecified atom stereocenters. The minimum Gasteiger partial charge on any atom is -0.481 e. The number of hydrogen-bond acceptors (Lipinski definition) is 4. The summed E-state index contributed by atoms with van der Waals surface area (Å²) in [5.41, 5.74) is 0. The van der Waals surface area contributed by atoms with Gasteiger partial charge in [-0.25, -0.2) is 0 Å². The molecule has 1 aliphatic carbocycles. The highest BCUT2D eigenvalue weighted by Gasteiger charge is 2.40. The fraction of sp³-hybridized carbons (Fsp3) is 0.857. The zero-order chi connectivity index (χ0) is 9.30. The molecule has 1 fully saturated rings. The molecule has 1 saturated carbocycles. The first-order valence-electron chi connectivity index (χ1n) is 3.81. The van der Waals surface area contributed by atoms with Crippen LogP contribution in [0.25, 0.3) is 0 Å². The molecular formula is C7H12O5. The van der Waals surface area contributed by atoms with Crippen molar-refractivity contribution in [2.24, 2.45) is 5.92 Å². The maximum absolute atomic E-state index is 10.5. The van der Waals surface area contributed by atoms with E-state index in [1.165, 1.54) is 0 Å². The molecule has 0 bridgehead atoms. The predicted molar refractivity (Wildman–Crippen MR) is 38.4 cm³/mol. The van der Waals surface area contributed by atoms with Crippen molar-refractivity contribution >= 4 is 5.97 Å². The van der Waals surface area contributed by atoms with Gasteiger partial charge in [0.1, 0.15) is 6.10 Å². The molecule has 0 aliphatic heterocycles. The van der Waals surface area contributed by atoms with E-state index in [1.54, 1.807) is 0 Å². The molecular weight excluding hydrogens is 164 g/mol. The SMILES string of the molecule is O=C(O)[C@@H]1CC[C@@H](O)[C@@H](O)[C@@H]1O. The smallest absolute Gasteiger partial charge is 0.309 e. The minimum atomic E-state index is -1.36. The van der Waals surface area contributed by atoms with Gasteiger partial charge in [-0.3, -0.25) is 4.79 Å². The van der Waals surface area contributed by atoms with Crippen molar-refractivity contribution in [1.82, 2.24) is 0 Å². The standard InChI is InChI=1S/C7H12O5/c8-4-2-1-3(7(11)12)5(9)6(4)10/h3-6,8-10H,1-2H2,(H,11,12)/t3-,4-,5-,6-/m1/s1. The summed E-state index contributed by atoms with van der Waals surface area (Å²) in [5, 5.41) is 35.9. The zero-order valence-electron chi connectivity index (χ0n) is 6.42. The first-order chi connectivity index (χ1) is 5.54. The predicted octanol–water partition coefficient (Wildman–Crippen LogP) is -1.44. The summed E-state index contributed by atoms with van der Waals surface area (Å²) < 4.78 is 0. The first-order valence-corrected chi connectivity index (χ1v) is 3.81. The molecule has 0 aromatic rings. The Labute approximate surface area is 69.3 Å². The van der Waals surface area contributed by atoms with Gasteiger partial charge in [-0.1, -0.05) is 0 Å². The van der Waals surface area contributed by atoms with Gasteiger partial charge >= 0.3 is 5.97 Å². The van der Waals surface area contributed by atoms with Crippen LogP contribution in [0.3, 0.4) is 0 Å². The molecule has 0 saturated heterocycles. The minimum absolute atomic E-state index is 0.203. The lowest BCUT2D eigenvalue weighted by atomic mass is 9.83. The van der Waals surface area contributed by atoms with E-state index in [9.17, 15) is 9.90 Å². The molecule has 1 rings (SSSR count). The fourth-order valence-electron chi connectivity index (χ4n) is 1.43. The van der Waals surface area contributed by atoms with E-state index in [1.807, 2.05) is 0 Å². The third-order valence-electron chi connectivity index (χ3n) is 2.25. The van der Waals surface area contributed by atoms with Crippen LogP contribution in [-0.4, -0.2) is 44.7 Å². The van der Waals surface area contributed by atoms with Crippen molar-refractivity contribution in [3.8, 4) is 0 Å². The zero-order valence-corrected chi connectivity index (χ0v) is 6.42. The van der Waals surface area contributed by atoms with Gasteiger partial charge in [0.25, 0.3) is 0 Å². The Hall–Kier alpha value is -0.650. The highest BCUT2D eigenvalue weighted by atomic mass is 16.4. The van der Waals surface area contributed by atoms with E-state index in [2.05, 4.69) is 0 Å². The second-order valence-electron chi connectivity index (χ2n) is 3.07. The second kappa shape index (κ2) is 3.38. The summed E-state index contributed by atoms with van der Waals surface area (Å²) in [5.74, 6) is -2.09. The summed E-state index contributed by atoms with van der Waals surface area (Å²) in [4.78, 5) is 10.5. The number of hydrogen-bond donors (Lipinski definition) is 4. The fourth-order valence-corrected chi connectivity index (χ4v) is 1.43. The van der Waals surface area contributed by atoms with Gasteiger partial charge in [-0.05, 0) is 12.8 Å². The number of carboxylic acid groups (broad SMARTS) is 1. The van der Waals surface area contributed by atoms with Crippen LogP contribution in [0.4, 0.5) is 0 Å². The van der Waals surface area contributed by atoms with Gasteiger partial charge in [0.05, 0.1) is 18.1 Å². The van der Waals surface area contributed by atoms with E-state index in [0.717, 1.165) is 0 Å². The van der Waals surface area contributed by atoms with Gasteiger partial charge in [-0.2, -0.15) is 0 Å². The number of aliphatic hydroxyl groups excluding tert-OH is 3. The van der Waals surface area contributed by atoms with Gasteiger partial charge in [0.15, 0.2) is 0 Å². The molecule has 0 amide bonds. The van der Waals surface area contributed by atoms with Crippen LogP contribution >= 0.6 is 0 Å². The largest absolute Gasteiger partial charge is 0.481 e. The quantitative estimate of drug-likeness (QED) is 0.392. The van der Waals surface area contributed by atoms with Crippen LogP contribution in [0.5, 0.6) is 0 Å². The van der Waals surface area contributed by atoms with Crippen molar-refractivity contribution in [3.63, 3.8) is 0 Å². The van der Waals surface area contributed by atoms with E-state index < -0.39 is 30.2 Å². The highest BCUT2D eigenvalue weighted by Crippen LogP contribution is 2.25. The van der Waals surface area contributed by atoms with Crippen molar-refractivity contribution < 1.29 is 25.2 Å². The van der Waals surface area contributed by atoms with E-state index >= 15 is 0 Å². The molecule has 0 radical (unpaired) electrons. The Morgan fingerprint density at radius 2 is 1.67 bits per heavy atom. The lowest BCUT2D eigenvalue weighted by Gasteiger charge is -2.32. The lowest BCUT2D eigenvalue weighted by molar-refractivity contribution is -0.160. The number of aliphatic carboxylic acids is 1. The third kappa shape index (κ3) is 1.57. The monoisotopic (exact) mass is 176 g/mol. The van der Waals surface area contributed by atoms with Gasteiger partial charge < -0.3 is 20.4 Å². The van der Waals surface area contributed by atoms with Crippen molar-refractivity contribution in [3.05, 3.63) is 0 Å². The van der Waals surface area contributed by atoms with Crippen LogP contribution in [0.1, 0.15) is 12.8 Å². The van der Waals surface area contributed by atoms with Crippen molar-refractivity contribution in [2.75, 3.05) is 0 Å². The van der Waals surface area contributed by atoms with Gasteiger partial charge in [-0.15, -0.1) is 0 Å². The molecule has 4 atom stereocenters. The second-order valence-corrected chi connectivity index (χ2v) is 3.07. The molecule has 0 heterocycles. The summed E-state index contributed by atoms with van der Waals surface area (Å²) >= 11 is 0. The topological polar surface area (TPSA) is 98.0 Å². The molecule has 0 aromatic carbocycles. The molecule has 5 heteroatoms. The summed E-state index contributed by atoms with van der Waals surface area (Å²) in [7, 11) is 0. The Kier molecular flexibility index (Phi) is 2.66. The Bertz CT molecular complexity index is 181.